The number of hydrogen-bond acceptors (Lipinski definition) is 9. The van der Waals surface area contributed by atoms with Crippen LogP contribution in [0.1, 0.15) is 13.8 Å². The molecule has 1 saturated heterocycles. The fraction of sp³-hybridized carbons (Fsp3) is 0.778. The van der Waals surface area contributed by atoms with Gasteiger partial charge in [-0.25, -0.2) is 9.59 Å². The van der Waals surface area contributed by atoms with Crippen molar-refractivity contribution < 1.29 is 44.2 Å². The normalized spacial score (nSPS) is 20.4. The molecule has 0 saturated carbocycles. The molecule has 3 atom stereocenters. The van der Waals surface area contributed by atoms with Gasteiger partial charge in [-0.1, -0.05) is 20.4 Å². The van der Waals surface area contributed by atoms with Gasteiger partial charge in [0.05, 0.1) is 20.8 Å². The first-order valence-corrected chi connectivity index (χ1v) is 8.63. The van der Waals surface area contributed by atoms with Crippen molar-refractivity contribution in [3.63, 3.8) is 0 Å². The number of carbonyl (C=O) groups excluding carboxylic acids is 2. The van der Waals surface area contributed by atoms with E-state index in [1.165, 1.54) is 14.2 Å². The molecule has 9 nitrogen and oxygen atoms in total. The SMILES string of the molecule is C=C(C(=O)OC)[C@H](C)C(CO)CO.COC(=O)[C@]1([C@H](C)C(CO)CO)CO1. The van der Waals surface area contributed by atoms with E-state index in [4.69, 9.17) is 25.2 Å². The Bertz CT molecular complexity index is 479. The van der Waals surface area contributed by atoms with Crippen molar-refractivity contribution in [2.75, 3.05) is 47.3 Å². The van der Waals surface area contributed by atoms with E-state index < -0.39 is 17.5 Å². The zero-order valence-corrected chi connectivity index (χ0v) is 16.4. The first kappa shape index (κ1) is 25.5. The highest BCUT2D eigenvalue weighted by molar-refractivity contribution is 5.88. The Morgan fingerprint density at radius 2 is 1.44 bits per heavy atom. The van der Waals surface area contributed by atoms with Gasteiger partial charge in [0.2, 0.25) is 0 Å². The predicted molar refractivity (Wildman–Crippen MR) is 95.5 cm³/mol. The van der Waals surface area contributed by atoms with Crippen LogP contribution in [0.15, 0.2) is 12.2 Å². The second kappa shape index (κ2) is 12.0. The summed E-state index contributed by atoms with van der Waals surface area (Å²) in [4.78, 5) is 22.4. The van der Waals surface area contributed by atoms with Crippen LogP contribution >= 0.6 is 0 Å². The van der Waals surface area contributed by atoms with E-state index in [0.717, 1.165) is 0 Å². The topological polar surface area (TPSA) is 146 Å². The number of rotatable bonds is 10. The smallest absolute Gasteiger partial charge is 0.340 e. The fourth-order valence-electron chi connectivity index (χ4n) is 2.55. The van der Waals surface area contributed by atoms with Gasteiger partial charge in [-0.3, -0.25) is 0 Å². The maximum atomic E-state index is 11.4. The lowest BCUT2D eigenvalue weighted by Crippen LogP contribution is -2.39. The lowest BCUT2D eigenvalue weighted by molar-refractivity contribution is -0.150. The Morgan fingerprint density at radius 3 is 1.74 bits per heavy atom. The van der Waals surface area contributed by atoms with E-state index in [2.05, 4.69) is 16.1 Å². The number of hydrogen-bond donors (Lipinski definition) is 4. The lowest BCUT2D eigenvalue weighted by Gasteiger charge is -2.24. The molecule has 0 aromatic heterocycles. The lowest BCUT2D eigenvalue weighted by atomic mass is 9.84. The van der Waals surface area contributed by atoms with Gasteiger partial charge in [0, 0.05) is 49.8 Å². The van der Waals surface area contributed by atoms with Crippen LogP contribution in [0.2, 0.25) is 0 Å². The zero-order chi connectivity index (χ0) is 21.2. The summed E-state index contributed by atoms with van der Waals surface area (Å²) < 4.78 is 14.2. The number of carbonyl (C=O) groups is 2. The molecule has 0 bridgehead atoms. The molecule has 0 unspecified atom stereocenters. The molecule has 9 heteroatoms. The molecule has 1 rings (SSSR count). The van der Waals surface area contributed by atoms with E-state index in [0.29, 0.717) is 6.61 Å². The predicted octanol–water partition coefficient (Wildman–Crippen LogP) is -0.882. The summed E-state index contributed by atoms with van der Waals surface area (Å²) in [6.45, 7) is 6.65. The summed E-state index contributed by atoms with van der Waals surface area (Å²) in [5, 5.41) is 35.6. The molecule has 0 spiro atoms. The first-order chi connectivity index (χ1) is 12.7. The van der Waals surface area contributed by atoms with Crippen molar-refractivity contribution in [2.24, 2.45) is 23.7 Å². The molecule has 0 aromatic rings. The maximum absolute atomic E-state index is 11.4. The van der Waals surface area contributed by atoms with Crippen LogP contribution in [0, 0.1) is 23.7 Å². The molecule has 1 fully saturated rings. The van der Waals surface area contributed by atoms with Crippen molar-refractivity contribution in [1.82, 2.24) is 0 Å². The van der Waals surface area contributed by atoms with Gasteiger partial charge in [0.25, 0.3) is 0 Å². The van der Waals surface area contributed by atoms with E-state index in [1.807, 2.05) is 0 Å². The van der Waals surface area contributed by atoms with Gasteiger partial charge in [-0.15, -0.1) is 0 Å². The number of ether oxygens (including phenoxy) is 3. The number of aliphatic hydroxyl groups is 4. The Hall–Kier alpha value is -1.52. The summed E-state index contributed by atoms with van der Waals surface area (Å²) in [6, 6.07) is 0. The minimum Gasteiger partial charge on any atom is -0.467 e. The molecular weight excluding hydrogens is 360 g/mol. The molecule has 1 heterocycles. The van der Waals surface area contributed by atoms with Crippen LogP contribution in [0.25, 0.3) is 0 Å². The van der Waals surface area contributed by atoms with Crippen LogP contribution in [-0.4, -0.2) is 85.2 Å². The van der Waals surface area contributed by atoms with Gasteiger partial charge in [-0.05, 0) is 5.92 Å². The molecule has 1 aliphatic rings. The van der Waals surface area contributed by atoms with Gasteiger partial charge >= 0.3 is 11.9 Å². The summed E-state index contributed by atoms with van der Waals surface area (Å²) >= 11 is 0. The largest absolute Gasteiger partial charge is 0.467 e. The molecule has 0 aliphatic carbocycles. The Labute approximate surface area is 159 Å². The molecule has 4 N–H and O–H groups in total. The highest BCUT2D eigenvalue weighted by Gasteiger charge is 2.59. The number of epoxide rings is 1. The zero-order valence-electron chi connectivity index (χ0n) is 16.4. The Kier molecular flexibility index (Phi) is 11.4. The average Bonchev–Trinajstić information content (AvgIpc) is 3.50. The van der Waals surface area contributed by atoms with Crippen LogP contribution in [0.4, 0.5) is 0 Å². The van der Waals surface area contributed by atoms with Crippen LogP contribution < -0.4 is 0 Å². The van der Waals surface area contributed by atoms with Gasteiger partial charge in [-0.2, -0.15) is 0 Å². The van der Waals surface area contributed by atoms with E-state index >= 15 is 0 Å². The van der Waals surface area contributed by atoms with Gasteiger partial charge in [0.1, 0.15) is 0 Å². The van der Waals surface area contributed by atoms with Crippen molar-refractivity contribution in [3.8, 4) is 0 Å². The molecular formula is C18H32O9. The van der Waals surface area contributed by atoms with Crippen molar-refractivity contribution >= 4 is 11.9 Å². The maximum Gasteiger partial charge on any atom is 0.340 e. The molecule has 0 amide bonds. The summed E-state index contributed by atoms with van der Waals surface area (Å²) in [7, 11) is 2.57. The van der Waals surface area contributed by atoms with E-state index in [-0.39, 0.29) is 55.7 Å². The number of methoxy groups -OCH3 is 2. The summed E-state index contributed by atoms with van der Waals surface area (Å²) in [5.41, 5.74) is -0.666. The third-order valence-corrected chi connectivity index (χ3v) is 5.07. The molecule has 1 aliphatic heterocycles. The standard InChI is InChI=1S/C9H16O5.C9H16O4/c1-6(7(3-10)4-11)9(5-14-9)8(12)13-2;1-6(8(4-10)5-11)7(2)9(12)13-3/h6-7,10-11H,3-5H2,1-2H3;6,8,10-11H,2,4-5H2,1,3H3/t6-,9-;6-/m10/s1. The fourth-order valence-corrected chi connectivity index (χ4v) is 2.55. The second-order valence-electron chi connectivity index (χ2n) is 6.51. The number of esters is 2. The number of aliphatic hydroxyl groups excluding tert-OH is 4. The molecule has 0 aromatic carbocycles. The molecule has 27 heavy (non-hydrogen) atoms. The highest BCUT2D eigenvalue weighted by atomic mass is 16.6. The first-order valence-electron chi connectivity index (χ1n) is 8.63. The Morgan fingerprint density at radius 1 is 1.00 bits per heavy atom. The highest BCUT2D eigenvalue weighted by Crippen LogP contribution is 2.40. The second-order valence-corrected chi connectivity index (χ2v) is 6.51. The van der Waals surface area contributed by atoms with Crippen LogP contribution in [-0.2, 0) is 23.8 Å². The van der Waals surface area contributed by atoms with E-state index in [9.17, 15) is 9.59 Å². The average molecular weight is 392 g/mol. The third-order valence-electron chi connectivity index (χ3n) is 5.07. The minimum absolute atomic E-state index is 0.167. The quantitative estimate of drug-likeness (QED) is 0.211. The van der Waals surface area contributed by atoms with Crippen molar-refractivity contribution in [2.45, 2.75) is 19.4 Å². The monoisotopic (exact) mass is 392 g/mol. The van der Waals surface area contributed by atoms with E-state index in [1.54, 1.807) is 13.8 Å². The summed E-state index contributed by atoms with van der Waals surface area (Å²) in [6.07, 6.45) is 0. The Balaban J connectivity index is 0.000000503. The molecule has 158 valence electrons. The van der Waals surface area contributed by atoms with Gasteiger partial charge in [0.15, 0.2) is 5.60 Å². The third kappa shape index (κ3) is 6.54. The van der Waals surface area contributed by atoms with Crippen LogP contribution in [0.5, 0.6) is 0 Å². The van der Waals surface area contributed by atoms with Crippen molar-refractivity contribution in [3.05, 3.63) is 12.2 Å². The van der Waals surface area contributed by atoms with Crippen molar-refractivity contribution in [1.29, 1.82) is 0 Å². The molecule has 0 radical (unpaired) electrons. The minimum atomic E-state index is -0.940. The van der Waals surface area contributed by atoms with Gasteiger partial charge < -0.3 is 34.6 Å². The van der Waals surface area contributed by atoms with Crippen LogP contribution in [0.3, 0.4) is 0 Å². The summed E-state index contributed by atoms with van der Waals surface area (Å²) in [5.74, 6) is -2.16.